The zero-order chi connectivity index (χ0) is 18.4. The van der Waals surface area contributed by atoms with Crippen LogP contribution in [-0.2, 0) is 6.54 Å². The molecular weight excluding hydrogens is 324 g/mol. The van der Waals surface area contributed by atoms with Gasteiger partial charge in [0, 0.05) is 25.5 Å². The monoisotopic (exact) mass is 356 g/mol. The number of nitrogens with one attached hydrogen (secondary N) is 2. The molecule has 1 aliphatic rings. The molecule has 142 valence electrons. The zero-order valence-corrected chi connectivity index (χ0v) is 16.3. The van der Waals surface area contributed by atoms with E-state index in [0.717, 1.165) is 36.2 Å². The predicted molar refractivity (Wildman–Crippen MR) is 108 cm³/mol. The quantitative estimate of drug-likeness (QED) is 0.474. The molecule has 1 aliphatic heterocycles. The smallest absolute Gasteiger partial charge is 0.191 e. The minimum Gasteiger partial charge on any atom is -0.356 e. The van der Waals surface area contributed by atoms with Gasteiger partial charge < -0.3 is 19.9 Å². The van der Waals surface area contributed by atoms with Crippen LogP contribution in [0.15, 0.2) is 29.4 Å². The first-order valence-corrected chi connectivity index (χ1v) is 9.76. The van der Waals surface area contributed by atoms with Crippen molar-refractivity contribution in [2.45, 2.75) is 39.7 Å². The minimum absolute atomic E-state index is 0.671. The van der Waals surface area contributed by atoms with Gasteiger partial charge >= 0.3 is 0 Å². The summed E-state index contributed by atoms with van der Waals surface area (Å²) in [6.45, 7) is 9.74. The van der Waals surface area contributed by atoms with Gasteiger partial charge in [-0.3, -0.25) is 4.99 Å². The van der Waals surface area contributed by atoms with Crippen molar-refractivity contribution in [1.29, 1.82) is 0 Å². The van der Waals surface area contributed by atoms with Gasteiger partial charge in [-0.2, -0.15) is 0 Å². The van der Waals surface area contributed by atoms with E-state index < -0.39 is 0 Å². The standard InChI is InChI=1S/C20H32N6/c1-16-8-12-25(13-9-16)11-5-10-22-20(21-3)23-14-18-15-26-17(2)6-4-7-19(26)24-18/h4,6-7,15-16H,5,8-14H2,1-3H3,(H2,21,22,23). The van der Waals surface area contributed by atoms with Gasteiger partial charge in [-0.15, -0.1) is 0 Å². The van der Waals surface area contributed by atoms with Crippen LogP contribution in [0.4, 0.5) is 0 Å². The molecular formula is C20H32N6. The molecule has 0 saturated carbocycles. The number of nitrogens with zero attached hydrogens (tertiary/aromatic N) is 4. The van der Waals surface area contributed by atoms with Gasteiger partial charge in [-0.25, -0.2) is 4.98 Å². The Kier molecular flexibility index (Phi) is 6.50. The van der Waals surface area contributed by atoms with E-state index in [1.807, 2.05) is 19.2 Å². The molecule has 0 spiro atoms. The fraction of sp³-hybridized carbons (Fsp3) is 0.600. The topological polar surface area (TPSA) is 57.0 Å². The van der Waals surface area contributed by atoms with Crippen LogP contribution in [-0.4, -0.2) is 53.5 Å². The maximum atomic E-state index is 4.65. The number of likely N-dealkylation sites (tertiary alicyclic amines) is 1. The molecule has 26 heavy (non-hydrogen) atoms. The van der Waals surface area contributed by atoms with Crippen LogP contribution in [0.1, 0.15) is 37.6 Å². The van der Waals surface area contributed by atoms with Crippen LogP contribution in [0.5, 0.6) is 0 Å². The Hall–Kier alpha value is -2.08. The van der Waals surface area contributed by atoms with Crippen molar-refractivity contribution in [1.82, 2.24) is 24.9 Å². The summed E-state index contributed by atoms with van der Waals surface area (Å²) in [6.07, 6.45) is 5.91. The number of hydrogen-bond donors (Lipinski definition) is 2. The first-order chi connectivity index (χ1) is 12.7. The van der Waals surface area contributed by atoms with E-state index in [1.165, 1.54) is 38.2 Å². The summed E-state index contributed by atoms with van der Waals surface area (Å²) in [6, 6.07) is 6.17. The average molecular weight is 357 g/mol. The third-order valence-electron chi connectivity index (χ3n) is 5.23. The van der Waals surface area contributed by atoms with Gasteiger partial charge in [-0.1, -0.05) is 13.0 Å². The van der Waals surface area contributed by atoms with Crippen molar-refractivity contribution in [2.24, 2.45) is 10.9 Å². The number of rotatable bonds is 6. The second-order valence-electron chi connectivity index (χ2n) is 7.36. The van der Waals surface area contributed by atoms with Gasteiger partial charge in [0.15, 0.2) is 5.96 Å². The number of pyridine rings is 1. The lowest BCUT2D eigenvalue weighted by Gasteiger charge is -2.30. The highest BCUT2D eigenvalue weighted by molar-refractivity contribution is 5.79. The molecule has 0 amide bonds. The highest BCUT2D eigenvalue weighted by Gasteiger charge is 2.14. The summed E-state index contributed by atoms with van der Waals surface area (Å²) in [4.78, 5) is 11.5. The van der Waals surface area contributed by atoms with Crippen molar-refractivity contribution >= 4 is 11.6 Å². The Balaban J connectivity index is 1.39. The lowest BCUT2D eigenvalue weighted by Crippen LogP contribution is -2.39. The van der Waals surface area contributed by atoms with Crippen molar-refractivity contribution in [3.8, 4) is 0 Å². The fourth-order valence-electron chi connectivity index (χ4n) is 3.47. The van der Waals surface area contributed by atoms with Gasteiger partial charge in [0.05, 0.1) is 12.2 Å². The lowest BCUT2D eigenvalue weighted by molar-refractivity contribution is 0.191. The van der Waals surface area contributed by atoms with Crippen molar-refractivity contribution in [3.05, 3.63) is 35.8 Å². The lowest BCUT2D eigenvalue weighted by atomic mass is 9.99. The van der Waals surface area contributed by atoms with Crippen LogP contribution in [0.2, 0.25) is 0 Å². The molecule has 2 aromatic rings. The first kappa shape index (κ1) is 18.7. The highest BCUT2D eigenvalue weighted by Crippen LogP contribution is 2.15. The van der Waals surface area contributed by atoms with Gasteiger partial charge in [-0.05, 0) is 63.9 Å². The van der Waals surface area contributed by atoms with Crippen LogP contribution < -0.4 is 10.6 Å². The van der Waals surface area contributed by atoms with E-state index in [2.05, 4.69) is 56.0 Å². The SMILES string of the molecule is CN=C(NCCCN1CCC(C)CC1)NCc1cn2c(C)cccc2n1. The molecule has 0 radical (unpaired) electrons. The number of guanidine groups is 1. The molecule has 0 aliphatic carbocycles. The largest absolute Gasteiger partial charge is 0.356 e. The summed E-state index contributed by atoms with van der Waals surface area (Å²) in [5, 5.41) is 6.77. The van der Waals surface area contributed by atoms with E-state index >= 15 is 0 Å². The third-order valence-corrected chi connectivity index (χ3v) is 5.23. The van der Waals surface area contributed by atoms with E-state index in [4.69, 9.17) is 0 Å². The zero-order valence-electron chi connectivity index (χ0n) is 16.3. The van der Waals surface area contributed by atoms with E-state index in [-0.39, 0.29) is 0 Å². The van der Waals surface area contributed by atoms with Gasteiger partial charge in [0.25, 0.3) is 0 Å². The second kappa shape index (κ2) is 9.03. The Morgan fingerprint density at radius 1 is 1.27 bits per heavy atom. The Bertz CT molecular complexity index is 727. The summed E-state index contributed by atoms with van der Waals surface area (Å²) in [5.41, 5.74) is 3.20. The van der Waals surface area contributed by atoms with Crippen molar-refractivity contribution < 1.29 is 0 Å². The van der Waals surface area contributed by atoms with Crippen LogP contribution in [0, 0.1) is 12.8 Å². The molecule has 1 fully saturated rings. The van der Waals surface area contributed by atoms with E-state index in [0.29, 0.717) is 6.54 Å². The molecule has 1 saturated heterocycles. The number of fused-ring (bicyclic) bond motifs is 1. The summed E-state index contributed by atoms with van der Waals surface area (Å²) in [5.74, 6) is 1.74. The van der Waals surface area contributed by atoms with E-state index in [9.17, 15) is 0 Å². The third kappa shape index (κ3) is 4.97. The second-order valence-corrected chi connectivity index (χ2v) is 7.36. The molecule has 2 aromatic heterocycles. The van der Waals surface area contributed by atoms with Gasteiger partial charge in [0.1, 0.15) is 5.65 Å². The molecule has 6 nitrogen and oxygen atoms in total. The number of aryl methyl sites for hydroxylation is 1. The van der Waals surface area contributed by atoms with Gasteiger partial charge in [0.2, 0.25) is 0 Å². The number of piperidine rings is 1. The highest BCUT2D eigenvalue weighted by atomic mass is 15.2. The number of aromatic nitrogens is 2. The number of hydrogen-bond acceptors (Lipinski definition) is 3. The Morgan fingerprint density at radius 3 is 2.81 bits per heavy atom. The predicted octanol–water partition coefficient (Wildman–Crippen LogP) is 2.43. The first-order valence-electron chi connectivity index (χ1n) is 9.76. The molecule has 0 bridgehead atoms. The normalized spacial score (nSPS) is 17.0. The molecule has 0 aromatic carbocycles. The molecule has 3 heterocycles. The maximum Gasteiger partial charge on any atom is 0.191 e. The molecule has 3 rings (SSSR count). The Labute approximate surface area is 156 Å². The summed E-state index contributed by atoms with van der Waals surface area (Å²) < 4.78 is 2.12. The van der Waals surface area contributed by atoms with Crippen LogP contribution in [0.25, 0.3) is 5.65 Å². The molecule has 2 N–H and O–H groups in total. The molecule has 6 heteroatoms. The number of aliphatic imine (C=N–C) groups is 1. The van der Waals surface area contributed by atoms with Crippen LogP contribution in [0.3, 0.4) is 0 Å². The average Bonchev–Trinajstić information content (AvgIpc) is 3.07. The maximum absolute atomic E-state index is 4.65. The molecule has 0 atom stereocenters. The summed E-state index contributed by atoms with van der Waals surface area (Å²) in [7, 11) is 1.81. The van der Waals surface area contributed by atoms with E-state index in [1.54, 1.807) is 0 Å². The van der Waals surface area contributed by atoms with Crippen molar-refractivity contribution in [3.63, 3.8) is 0 Å². The minimum atomic E-state index is 0.671. The summed E-state index contributed by atoms with van der Waals surface area (Å²) >= 11 is 0. The number of imidazole rings is 1. The van der Waals surface area contributed by atoms with Crippen molar-refractivity contribution in [2.75, 3.05) is 33.2 Å². The molecule has 0 unspecified atom stereocenters. The Morgan fingerprint density at radius 2 is 2.08 bits per heavy atom. The fourth-order valence-corrected chi connectivity index (χ4v) is 3.47. The van der Waals surface area contributed by atoms with Crippen LogP contribution >= 0.6 is 0 Å².